The number of H-pyrrole nitrogens is 1. The first-order valence-electron chi connectivity index (χ1n) is 12.2. The monoisotopic (exact) mass is 499 g/mol. The Bertz CT molecular complexity index is 1620. The lowest BCUT2D eigenvalue weighted by Crippen LogP contribution is -2.44. The van der Waals surface area contributed by atoms with Gasteiger partial charge in [0.15, 0.2) is 5.82 Å². The molecule has 180 valence electrons. The van der Waals surface area contributed by atoms with Crippen LogP contribution in [0.5, 0.6) is 0 Å². The van der Waals surface area contributed by atoms with E-state index < -0.39 is 0 Å². The van der Waals surface area contributed by atoms with E-state index in [-0.39, 0.29) is 5.82 Å². The van der Waals surface area contributed by atoms with Gasteiger partial charge in [-0.25, -0.2) is 19.3 Å². The molecule has 9 heteroatoms. The van der Waals surface area contributed by atoms with Gasteiger partial charge < -0.3 is 15.2 Å². The summed E-state index contributed by atoms with van der Waals surface area (Å²) in [6.45, 7) is 3.60. The maximum absolute atomic E-state index is 14.0. The van der Waals surface area contributed by atoms with E-state index >= 15 is 0 Å². The zero-order chi connectivity index (χ0) is 24.2. The van der Waals surface area contributed by atoms with E-state index in [4.69, 9.17) is 21.6 Å². The number of nitrogens with zero attached hydrogens (tertiary/aromatic N) is 5. The molecule has 36 heavy (non-hydrogen) atoms. The highest BCUT2D eigenvalue weighted by Crippen LogP contribution is 2.45. The van der Waals surface area contributed by atoms with Crippen LogP contribution in [-0.2, 0) is 0 Å². The number of aromatic amines is 1. The standard InChI is InChI=1S/C27H23ClFN7/c28-21-4-3-16(29)11-19(21)22-12-18-17(5-6-32-25(18)33-22)26-34-23-14-31-13-20(15-1-2-15)24(23)27(35-26)36-9-7-30-8-10-36/h3-6,11-15,30H,1-2,7-10H2,(H,32,33). The molecule has 4 aromatic heterocycles. The number of hydrogen-bond donors (Lipinski definition) is 2. The number of pyridine rings is 2. The zero-order valence-electron chi connectivity index (χ0n) is 19.4. The average molecular weight is 500 g/mol. The molecule has 2 fully saturated rings. The minimum absolute atomic E-state index is 0.348. The summed E-state index contributed by atoms with van der Waals surface area (Å²) in [5.41, 5.74) is 4.89. The summed E-state index contributed by atoms with van der Waals surface area (Å²) < 4.78 is 14.0. The van der Waals surface area contributed by atoms with Crippen LogP contribution in [0.2, 0.25) is 5.02 Å². The molecule has 0 atom stereocenters. The predicted molar refractivity (Wildman–Crippen MR) is 140 cm³/mol. The summed E-state index contributed by atoms with van der Waals surface area (Å²) in [6.07, 6.45) is 7.93. The van der Waals surface area contributed by atoms with Crippen molar-refractivity contribution < 1.29 is 4.39 Å². The molecule has 0 spiro atoms. The van der Waals surface area contributed by atoms with Gasteiger partial charge in [0.05, 0.1) is 16.7 Å². The molecule has 1 saturated carbocycles. The number of hydrogen-bond acceptors (Lipinski definition) is 6. The van der Waals surface area contributed by atoms with Crippen molar-refractivity contribution in [1.29, 1.82) is 0 Å². The highest BCUT2D eigenvalue weighted by Gasteiger charge is 2.29. The van der Waals surface area contributed by atoms with Gasteiger partial charge in [0.25, 0.3) is 0 Å². The Balaban J connectivity index is 1.43. The highest BCUT2D eigenvalue weighted by molar-refractivity contribution is 6.33. The van der Waals surface area contributed by atoms with Gasteiger partial charge >= 0.3 is 0 Å². The van der Waals surface area contributed by atoms with Crippen molar-refractivity contribution in [3.63, 3.8) is 0 Å². The molecule has 5 heterocycles. The summed E-state index contributed by atoms with van der Waals surface area (Å²) >= 11 is 6.38. The molecule has 7 rings (SSSR count). The molecule has 0 radical (unpaired) electrons. The Hall–Kier alpha value is -3.62. The third-order valence-corrected chi connectivity index (χ3v) is 7.37. The summed E-state index contributed by atoms with van der Waals surface area (Å²) in [4.78, 5) is 24.8. The maximum atomic E-state index is 14.0. The van der Waals surface area contributed by atoms with Crippen molar-refractivity contribution >= 4 is 39.4 Å². The maximum Gasteiger partial charge on any atom is 0.163 e. The van der Waals surface area contributed by atoms with Crippen molar-refractivity contribution in [3.8, 4) is 22.6 Å². The molecule has 0 unspecified atom stereocenters. The number of benzene rings is 1. The van der Waals surface area contributed by atoms with Crippen molar-refractivity contribution in [2.75, 3.05) is 31.1 Å². The van der Waals surface area contributed by atoms with Gasteiger partial charge in [-0.05, 0) is 54.7 Å². The molecule has 0 bridgehead atoms. The molecule has 7 nitrogen and oxygen atoms in total. The molecule has 1 saturated heterocycles. The first-order valence-corrected chi connectivity index (χ1v) is 12.6. The van der Waals surface area contributed by atoms with Crippen LogP contribution in [-0.4, -0.2) is 51.1 Å². The van der Waals surface area contributed by atoms with E-state index in [1.807, 2.05) is 24.5 Å². The van der Waals surface area contributed by atoms with Crippen LogP contribution in [0.15, 0.2) is 48.9 Å². The van der Waals surface area contributed by atoms with E-state index in [0.29, 0.717) is 33.7 Å². The van der Waals surface area contributed by atoms with Crippen molar-refractivity contribution in [2.45, 2.75) is 18.8 Å². The lowest BCUT2D eigenvalue weighted by atomic mass is 10.1. The fraction of sp³-hybridized carbons (Fsp3) is 0.259. The molecular formula is C27H23ClFN7. The number of halogens is 2. The quantitative estimate of drug-likeness (QED) is 0.348. The Labute approximate surface area is 211 Å². The van der Waals surface area contributed by atoms with Crippen LogP contribution >= 0.6 is 11.6 Å². The topological polar surface area (TPSA) is 82.6 Å². The van der Waals surface area contributed by atoms with Gasteiger partial charge in [0, 0.05) is 66.2 Å². The van der Waals surface area contributed by atoms with Crippen LogP contribution in [0.1, 0.15) is 24.3 Å². The van der Waals surface area contributed by atoms with Gasteiger partial charge in [0.2, 0.25) is 0 Å². The average Bonchev–Trinajstić information content (AvgIpc) is 3.67. The first kappa shape index (κ1) is 21.6. The lowest BCUT2D eigenvalue weighted by molar-refractivity contribution is 0.586. The lowest BCUT2D eigenvalue weighted by Gasteiger charge is -2.30. The van der Waals surface area contributed by atoms with E-state index in [1.54, 1.807) is 12.3 Å². The summed E-state index contributed by atoms with van der Waals surface area (Å²) in [7, 11) is 0. The molecule has 2 N–H and O–H groups in total. The number of nitrogens with one attached hydrogen (secondary N) is 2. The Morgan fingerprint density at radius 2 is 1.86 bits per heavy atom. The fourth-order valence-corrected chi connectivity index (χ4v) is 5.31. The second kappa shape index (κ2) is 8.50. The first-order chi connectivity index (χ1) is 17.7. The molecular weight excluding hydrogens is 477 g/mol. The van der Waals surface area contributed by atoms with Crippen LogP contribution in [0, 0.1) is 5.82 Å². The van der Waals surface area contributed by atoms with Gasteiger partial charge in [-0.2, -0.15) is 0 Å². The van der Waals surface area contributed by atoms with Crippen molar-refractivity contribution in [3.05, 3.63) is 65.3 Å². The summed E-state index contributed by atoms with van der Waals surface area (Å²) in [5.74, 6) is 1.77. The van der Waals surface area contributed by atoms with Crippen molar-refractivity contribution in [2.24, 2.45) is 0 Å². The molecule has 2 aliphatic rings. The van der Waals surface area contributed by atoms with Crippen LogP contribution in [0.25, 0.3) is 44.6 Å². The minimum atomic E-state index is -0.348. The van der Waals surface area contributed by atoms with E-state index in [1.165, 1.54) is 30.5 Å². The van der Waals surface area contributed by atoms with E-state index in [9.17, 15) is 4.39 Å². The SMILES string of the molecule is Fc1ccc(Cl)c(-c2cc3c(-c4nc(N5CCNCC5)c5c(C6CC6)cncc5n4)ccnc3[nH]2)c1. The third kappa shape index (κ3) is 3.68. The molecule has 1 aliphatic heterocycles. The second-order valence-electron chi connectivity index (χ2n) is 9.43. The number of anilines is 1. The minimum Gasteiger partial charge on any atom is -0.353 e. The van der Waals surface area contributed by atoms with Gasteiger partial charge in [0.1, 0.15) is 17.3 Å². The van der Waals surface area contributed by atoms with Crippen molar-refractivity contribution in [1.82, 2.24) is 30.2 Å². The smallest absolute Gasteiger partial charge is 0.163 e. The van der Waals surface area contributed by atoms with Gasteiger partial charge in [-0.3, -0.25) is 4.98 Å². The highest BCUT2D eigenvalue weighted by atomic mass is 35.5. The molecule has 1 aromatic carbocycles. The molecule has 5 aromatic rings. The number of rotatable bonds is 4. The van der Waals surface area contributed by atoms with Crippen LogP contribution in [0.4, 0.5) is 10.2 Å². The van der Waals surface area contributed by atoms with Gasteiger partial charge in [-0.15, -0.1) is 0 Å². The number of fused-ring (bicyclic) bond motifs is 2. The normalized spacial score (nSPS) is 16.2. The van der Waals surface area contributed by atoms with Crippen LogP contribution in [0.3, 0.4) is 0 Å². The predicted octanol–water partition coefficient (Wildman–Crippen LogP) is 5.31. The zero-order valence-corrected chi connectivity index (χ0v) is 20.2. The number of piperazine rings is 1. The molecule has 1 aliphatic carbocycles. The molecule has 0 amide bonds. The fourth-order valence-electron chi connectivity index (χ4n) is 5.09. The second-order valence-corrected chi connectivity index (χ2v) is 9.84. The third-order valence-electron chi connectivity index (χ3n) is 7.04. The van der Waals surface area contributed by atoms with E-state index in [0.717, 1.165) is 53.8 Å². The number of aromatic nitrogens is 5. The Morgan fingerprint density at radius 3 is 2.69 bits per heavy atom. The summed E-state index contributed by atoms with van der Waals surface area (Å²) in [6, 6.07) is 8.20. The Kier molecular flexibility index (Phi) is 5.11. The van der Waals surface area contributed by atoms with Gasteiger partial charge in [-0.1, -0.05) is 11.6 Å². The Morgan fingerprint density at radius 1 is 1.00 bits per heavy atom. The summed E-state index contributed by atoms with van der Waals surface area (Å²) in [5, 5.41) is 5.86. The largest absolute Gasteiger partial charge is 0.353 e. The van der Waals surface area contributed by atoms with E-state index in [2.05, 4.69) is 25.2 Å². The van der Waals surface area contributed by atoms with Crippen LogP contribution < -0.4 is 10.2 Å².